The molecule has 0 aromatic heterocycles. The maximum atomic E-state index is 3.52. The van der Waals surface area contributed by atoms with Crippen LogP contribution in [0.1, 0.15) is 19.8 Å². The van der Waals surface area contributed by atoms with Crippen molar-refractivity contribution in [3.63, 3.8) is 0 Å². The Labute approximate surface area is 96.8 Å². The molecule has 0 N–H and O–H groups in total. The van der Waals surface area contributed by atoms with Gasteiger partial charge in [-0.1, -0.05) is 22.9 Å². The third-order valence-corrected chi connectivity index (χ3v) is 3.99. The summed E-state index contributed by atoms with van der Waals surface area (Å²) in [4.78, 5) is 5.03. The normalized spacial score (nSPS) is 20.6. The molecule has 1 aliphatic rings. The summed E-state index contributed by atoms with van der Waals surface area (Å²) < 4.78 is 0. The molecule has 3 heteroatoms. The molecule has 0 aromatic carbocycles. The van der Waals surface area contributed by atoms with E-state index in [0.717, 1.165) is 11.2 Å². The van der Waals surface area contributed by atoms with Gasteiger partial charge >= 0.3 is 0 Å². The summed E-state index contributed by atoms with van der Waals surface area (Å²) in [6.45, 7) is 8.62. The number of nitrogens with zero attached hydrogens (tertiary/aromatic N) is 2. The van der Waals surface area contributed by atoms with Crippen LogP contribution >= 0.6 is 15.9 Å². The highest BCUT2D eigenvalue weighted by molar-refractivity contribution is 9.09. The van der Waals surface area contributed by atoms with Gasteiger partial charge in [0.1, 0.15) is 0 Å². The largest absolute Gasteiger partial charge is 0.305 e. The Morgan fingerprint density at radius 1 is 1.36 bits per heavy atom. The molecular weight excluding hydrogens is 240 g/mol. The minimum atomic E-state index is 0.763. The van der Waals surface area contributed by atoms with Crippen molar-refractivity contribution in [3.05, 3.63) is 0 Å². The zero-order chi connectivity index (χ0) is 10.4. The lowest BCUT2D eigenvalue weighted by molar-refractivity contribution is 0.241. The van der Waals surface area contributed by atoms with Crippen molar-refractivity contribution in [1.29, 1.82) is 0 Å². The van der Waals surface area contributed by atoms with Gasteiger partial charge in [-0.2, -0.15) is 0 Å². The van der Waals surface area contributed by atoms with Gasteiger partial charge < -0.3 is 9.80 Å². The Morgan fingerprint density at radius 3 is 2.57 bits per heavy atom. The molecule has 0 aromatic rings. The van der Waals surface area contributed by atoms with Crippen molar-refractivity contribution < 1.29 is 0 Å². The lowest BCUT2D eigenvalue weighted by atomic mass is 10.2. The first kappa shape index (κ1) is 12.5. The molecule has 0 bridgehead atoms. The predicted molar refractivity (Wildman–Crippen MR) is 66.1 cm³/mol. The summed E-state index contributed by atoms with van der Waals surface area (Å²) in [7, 11) is 2.23. The van der Waals surface area contributed by atoms with Crippen molar-refractivity contribution in [2.24, 2.45) is 5.92 Å². The van der Waals surface area contributed by atoms with E-state index in [0.29, 0.717) is 0 Å². The fourth-order valence-electron chi connectivity index (χ4n) is 1.99. The second kappa shape index (κ2) is 6.81. The fraction of sp³-hybridized carbons (Fsp3) is 1.00. The molecule has 2 nitrogen and oxygen atoms in total. The van der Waals surface area contributed by atoms with Crippen LogP contribution in [-0.4, -0.2) is 54.9 Å². The number of likely N-dealkylation sites (N-methyl/N-ethyl adjacent to an activating group) is 1. The quantitative estimate of drug-likeness (QED) is 0.677. The van der Waals surface area contributed by atoms with Gasteiger partial charge in [0.05, 0.1) is 0 Å². The van der Waals surface area contributed by atoms with Gasteiger partial charge in [-0.05, 0) is 38.9 Å². The highest BCUT2D eigenvalue weighted by atomic mass is 79.9. The van der Waals surface area contributed by atoms with Gasteiger partial charge in [-0.25, -0.2) is 0 Å². The molecular formula is C11H23BrN2. The summed E-state index contributed by atoms with van der Waals surface area (Å²) >= 11 is 3.52. The SMILES string of the molecule is CC(CBr)CN(C)CCN1CCCC1. The maximum Gasteiger partial charge on any atom is 0.0109 e. The Bertz CT molecular complexity index is 146. The van der Waals surface area contributed by atoms with Crippen molar-refractivity contribution in [2.45, 2.75) is 19.8 Å². The summed E-state index contributed by atoms with van der Waals surface area (Å²) in [6, 6.07) is 0. The molecule has 1 aliphatic heterocycles. The Hall–Kier alpha value is 0.400. The highest BCUT2D eigenvalue weighted by Crippen LogP contribution is 2.07. The van der Waals surface area contributed by atoms with E-state index in [2.05, 4.69) is 39.7 Å². The van der Waals surface area contributed by atoms with Gasteiger partial charge in [-0.15, -0.1) is 0 Å². The third-order valence-electron chi connectivity index (χ3n) is 2.88. The van der Waals surface area contributed by atoms with Gasteiger partial charge in [0, 0.05) is 25.0 Å². The molecule has 0 amide bonds. The molecule has 14 heavy (non-hydrogen) atoms. The first-order valence-electron chi connectivity index (χ1n) is 5.69. The van der Waals surface area contributed by atoms with E-state index in [1.807, 2.05) is 0 Å². The number of hydrogen-bond acceptors (Lipinski definition) is 2. The van der Waals surface area contributed by atoms with Crippen molar-refractivity contribution in [3.8, 4) is 0 Å². The molecule has 1 rings (SSSR count). The molecule has 1 atom stereocenters. The van der Waals surface area contributed by atoms with Gasteiger partial charge in [0.25, 0.3) is 0 Å². The van der Waals surface area contributed by atoms with E-state index in [9.17, 15) is 0 Å². The van der Waals surface area contributed by atoms with Gasteiger partial charge in [0.15, 0.2) is 0 Å². The lowest BCUT2D eigenvalue weighted by Crippen LogP contribution is -2.34. The third kappa shape index (κ3) is 4.76. The standard InChI is InChI=1S/C11H23BrN2/c1-11(9-12)10-13(2)7-8-14-5-3-4-6-14/h11H,3-10H2,1-2H3. The second-order valence-electron chi connectivity index (χ2n) is 4.57. The Kier molecular flexibility index (Phi) is 6.06. The Balaban J connectivity index is 2.04. The topological polar surface area (TPSA) is 6.48 Å². The minimum Gasteiger partial charge on any atom is -0.305 e. The molecule has 0 radical (unpaired) electrons. The van der Waals surface area contributed by atoms with E-state index in [1.165, 1.54) is 45.6 Å². The predicted octanol–water partition coefficient (Wildman–Crippen LogP) is 2.04. The van der Waals surface area contributed by atoms with Crippen LogP contribution in [0, 0.1) is 5.92 Å². The maximum absolute atomic E-state index is 3.52. The fourth-order valence-corrected chi connectivity index (χ4v) is 2.20. The van der Waals surface area contributed by atoms with Crippen molar-refractivity contribution in [1.82, 2.24) is 9.80 Å². The average Bonchev–Trinajstić information content (AvgIpc) is 2.67. The van der Waals surface area contributed by atoms with E-state index in [4.69, 9.17) is 0 Å². The van der Waals surface area contributed by atoms with Crippen LogP contribution in [0.4, 0.5) is 0 Å². The highest BCUT2D eigenvalue weighted by Gasteiger charge is 2.12. The van der Waals surface area contributed by atoms with Crippen LogP contribution in [-0.2, 0) is 0 Å². The number of hydrogen-bond donors (Lipinski definition) is 0. The number of likely N-dealkylation sites (tertiary alicyclic amines) is 1. The smallest absolute Gasteiger partial charge is 0.0109 e. The van der Waals surface area contributed by atoms with E-state index >= 15 is 0 Å². The first-order chi connectivity index (χ1) is 6.72. The zero-order valence-electron chi connectivity index (χ0n) is 9.51. The van der Waals surface area contributed by atoms with E-state index in [1.54, 1.807) is 0 Å². The molecule has 1 saturated heterocycles. The lowest BCUT2D eigenvalue weighted by Gasteiger charge is -2.23. The number of rotatable bonds is 6. The molecule has 0 aliphatic carbocycles. The van der Waals surface area contributed by atoms with Crippen LogP contribution in [0.15, 0.2) is 0 Å². The van der Waals surface area contributed by atoms with E-state index < -0.39 is 0 Å². The number of alkyl halides is 1. The monoisotopic (exact) mass is 262 g/mol. The van der Waals surface area contributed by atoms with Crippen LogP contribution in [0.5, 0.6) is 0 Å². The summed E-state index contributed by atoms with van der Waals surface area (Å²) in [5.74, 6) is 0.763. The summed E-state index contributed by atoms with van der Waals surface area (Å²) in [6.07, 6.45) is 2.81. The second-order valence-corrected chi connectivity index (χ2v) is 5.22. The molecule has 1 fully saturated rings. The van der Waals surface area contributed by atoms with Gasteiger partial charge in [0.2, 0.25) is 0 Å². The first-order valence-corrected chi connectivity index (χ1v) is 6.81. The average molecular weight is 263 g/mol. The van der Waals surface area contributed by atoms with Gasteiger partial charge in [-0.3, -0.25) is 0 Å². The zero-order valence-corrected chi connectivity index (χ0v) is 11.1. The number of halogens is 1. The van der Waals surface area contributed by atoms with Crippen LogP contribution in [0.2, 0.25) is 0 Å². The van der Waals surface area contributed by atoms with Crippen molar-refractivity contribution in [2.75, 3.05) is 45.1 Å². The van der Waals surface area contributed by atoms with Crippen molar-refractivity contribution >= 4 is 15.9 Å². The minimum absolute atomic E-state index is 0.763. The van der Waals surface area contributed by atoms with Crippen LogP contribution in [0.3, 0.4) is 0 Å². The molecule has 1 unspecified atom stereocenters. The Morgan fingerprint density at radius 2 is 2.00 bits per heavy atom. The van der Waals surface area contributed by atoms with Crippen LogP contribution < -0.4 is 0 Å². The molecule has 0 spiro atoms. The molecule has 1 heterocycles. The molecule has 0 saturated carbocycles. The summed E-state index contributed by atoms with van der Waals surface area (Å²) in [5.41, 5.74) is 0. The van der Waals surface area contributed by atoms with E-state index in [-0.39, 0.29) is 0 Å². The molecule has 84 valence electrons. The van der Waals surface area contributed by atoms with Crippen LogP contribution in [0.25, 0.3) is 0 Å². The summed E-state index contributed by atoms with van der Waals surface area (Å²) in [5, 5.41) is 1.11.